The van der Waals surface area contributed by atoms with Crippen LogP contribution in [0.5, 0.6) is 0 Å². The van der Waals surface area contributed by atoms with Gasteiger partial charge in [-0.25, -0.2) is 5.84 Å². The molecule has 1 aliphatic carbocycles. The lowest BCUT2D eigenvalue weighted by molar-refractivity contribution is -0.118. The van der Waals surface area contributed by atoms with Crippen LogP contribution in [-0.2, 0) is 11.2 Å². The van der Waals surface area contributed by atoms with E-state index in [1.165, 1.54) is 17.9 Å². The van der Waals surface area contributed by atoms with Gasteiger partial charge in [0.2, 0.25) is 6.41 Å². The molecule has 2 rings (SSSR count). The van der Waals surface area contributed by atoms with Gasteiger partial charge in [0.25, 0.3) is 0 Å². The predicted octanol–water partition coefficient (Wildman–Crippen LogP) is 2.26. The van der Waals surface area contributed by atoms with Crippen molar-refractivity contribution >= 4 is 12.1 Å². The number of nitrogens with two attached hydrogens (primary N) is 2. The molecule has 1 unspecified atom stereocenters. The van der Waals surface area contributed by atoms with E-state index in [-0.39, 0.29) is 6.04 Å². The van der Waals surface area contributed by atoms with Gasteiger partial charge in [0.15, 0.2) is 0 Å². The summed E-state index contributed by atoms with van der Waals surface area (Å²) in [6, 6.07) is 4.20. The van der Waals surface area contributed by atoms with Gasteiger partial charge in [-0.1, -0.05) is 39.7 Å². The molecule has 1 aliphatic rings. The van der Waals surface area contributed by atoms with E-state index in [2.05, 4.69) is 17.2 Å². The number of rotatable bonds is 11. The average molecular weight is 405 g/mol. The van der Waals surface area contributed by atoms with Gasteiger partial charge < -0.3 is 21.0 Å². The number of carbonyl (C=O) groups excluding carboxylic acids is 1. The van der Waals surface area contributed by atoms with Gasteiger partial charge in [-0.3, -0.25) is 9.78 Å². The highest BCUT2D eigenvalue weighted by Gasteiger charge is 2.26. The SMILES string of the molecule is CC.CCc1nc(/C(N)=C(\CN(C=O)CC(CC2CC2)NC)N(C)N)ccc1C. The summed E-state index contributed by atoms with van der Waals surface area (Å²) in [5.74, 6) is 6.83. The summed E-state index contributed by atoms with van der Waals surface area (Å²) in [4.78, 5) is 18.1. The van der Waals surface area contributed by atoms with Crippen molar-refractivity contribution in [2.45, 2.75) is 59.4 Å². The van der Waals surface area contributed by atoms with Crippen molar-refractivity contribution in [3.63, 3.8) is 0 Å². The molecular formula is C22H40N6O. The minimum atomic E-state index is 0.275. The second-order valence-electron chi connectivity index (χ2n) is 7.48. The molecule has 1 aromatic heterocycles. The molecule has 1 amide bonds. The van der Waals surface area contributed by atoms with Crippen LogP contribution in [0.15, 0.2) is 17.8 Å². The Kier molecular flexibility index (Phi) is 10.7. The average Bonchev–Trinajstić information content (AvgIpc) is 3.55. The maximum Gasteiger partial charge on any atom is 0.210 e. The molecule has 1 atom stereocenters. The van der Waals surface area contributed by atoms with Crippen LogP contribution in [0.25, 0.3) is 5.70 Å². The number of aromatic nitrogens is 1. The van der Waals surface area contributed by atoms with Gasteiger partial charge in [0, 0.05) is 25.3 Å². The topological polar surface area (TPSA) is 101 Å². The third-order valence-corrected chi connectivity index (χ3v) is 5.23. The van der Waals surface area contributed by atoms with E-state index in [0.29, 0.717) is 30.2 Å². The van der Waals surface area contributed by atoms with Crippen molar-refractivity contribution in [3.05, 3.63) is 34.8 Å². The maximum atomic E-state index is 11.7. The molecule has 29 heavy (non-hydrogen) atoms. The molecular weight excluding hydrogens is 364 g/mol. The standard InChI is InChI=1S/C20H34N6O.C2H6/c1-5-17-14(2)6-9-18(24-17)20(21)19(25(4)22)12-26(13-27)11-16(23-3)10-15-7-8-15;1-2/h6,9,13,15-16,23H,5,7-8,10-12,21-22H2,1-4H3;1-2H3/b20-19-;. The third-order valence-electron chi connectivity index (χ3n) is 5.23. The zero-order valence-electron chi connectivity index (χ0n) is 19.0. The van der Waals surface area contributed by atoms with Gasteiger partial charge in [-0.15, -0.1) is 0 Å². The van der Waals surface area contributed by atoms with Crippen molar-refractivity contribution in [1.29, 1.82) is 0 Å². The summed E-state index contributed by atoms with van der Waals surface area (Å²) in [6.45, 7) is 9.09. The second-order valence-corrected chi connectivity index (χ2v) is 7.48. The van der Waals surface area contributed by atoms with Crippen LogP contribution in [0.2, 0.25) is 0 Å². The normalized spacial score (nSPS) is 15.0. The fourth-order valence-corrected chi connectivity index (χ4v) is 3.27. The molecule has 0 bridgehead atoms. The number of nitrogens with one attached hydrogen (secondary N) is 1. The molecule has 1 fully saturated rings. The maximum absolute atomic E-state index is 11.7. The number of likely N-dealkylation sites (N-methyl/N-ethyl adjacent to an activating group) is 2. The first-order valence-electron chi connectivity index (χ1n) is 10.7. The summed E-state index contributed by atoms with van der Waals surface area (Å²) in [5, 5.41) is 4.80. The number of hydrazine groups is 1. The van der Waals surface area contributed by atoms with Crippen LogP contribution in [0.1, 0.15) is 57.0 Å². The summed E-state index contributed by atoms with van der Waals surface area (Å²) >= 11 is 0. The first kappa shape index (κ1) is 24.9. The lowest BCUT2D eigenvalue weighted by atomic mass is 10.1. The number of amides is 1. The molecule has 0 saturated heterocycles. The van der Waals surface area contributed by atoms with Gasteiger partial charge in [-0.05, 0) is 44.4 Å². The number of aryl methyl sites for hydroxylation is 2. The second kappa shape index (κ2) is 12.4. The van der Waals surface area contributed by atoms with Crippen molar-refractivity contribution in [1.82, 2.24) is 20.2 Å². The van der Waals surface area contributed by atoms with E-state index in [9.17, 15) is 4.79 Å². The summed E-state index contributed by atoms with van der Waals surface area (Å²) < 4.78 is 0. The predicted molar refractivity (Wildman–Crippen MR) is 121 cm³/mol. The molecule has 1 saturated carbocycles. The van der Waals surface area contributed by atoms with E-state index >= 15 is 0 Å². The Morgan fingerprint density at radius 1 is 1.38 bits per heavy atom. The Morgan fingerprint density at radius 3 is 2.52 bits per heavy atom. The minimum absolute atomic E-state index is 0.275. The van der Waals surface area contributed by atoms with E-state index in [1.54, 1.807) is 11.9 Å². The van der Waals surface area contributed by atoms with Crippen LogP contribution in [-0.4, -0.2) is 54.5 Å². The van der Waals surface area contributed by atoms with Gasteiger partial charge in [0.1, 0.15) is 0 Å². The highest BCUT2D eigenvalue weighted by Crippen LogP contribution is 2.33. The monoisotopic (exact) mass is 404 g/mol. The molecule has 0 spiro atoms. The Balaban J connectivity index is 0.00000204. The van der Waals surface area contributed by atoms with Crippen LogP contribution in [0.3, 0.4) is 0 Å². The Bertz CT molecular complexity index is 669. The zero-order valence-corrected chi connectivity index (χ0v) is 19.0. The zero-order chi connectivity index (χ0) is 22.0. The van der Waals surface area contributed by atoms with Crippen molar-refractivity contribution in [2.75, 3.05) is 27.2 Å². The Hall–Kier alpha value is -2.12. The fraction of sp³-hybridized carbons (Fsp3) is 0.636. The summed E-state index contributed by atoms with van der Waals surface area (Å²) in [5.41, 5.74) is 10.4. The van der Waals surface area contributed by atoms with E-state index in [0.717, 1.165) is 36.4 Å². The fourth-order valence-electron chi connectivity index (χ4n) is 3.27. The molecule has 7 nitrogen and oxygen atoms in total. The Morgan fingerprint density at radius 2 is 2.03 bits per heavy atom. The lowest BCUT2D eigenvalue weighted by Crippen LogP contribution is -2.43. The number of hydrogen-bond acceptors (Lipinski definition) is 6. The van der Waals surface area contributed by atoms with Crippen LogP contribution < -0.4 is 16.9 Å². The van der Waals surface area contributed by atoms with Crippen molar-refractivity contribution in [3.8, 4) is 0 Å². The molecule has 7 heteroatoms. The van der Waals surface area contributed by atoms with Crippen LogP contribution in [0, 0.1) is 12.8 Å². The number of pyridine rings is 1. The van der Waals surface area contributed by atoms with E-state index < -0.39 is 0 Å². The highest BCUT2D eigenvalue weighted by atomic mass is 16.1. The number of hydrogen-bond donors (Lipinski definition) is 3. The first-order valence-corrected chi connectivity index (χ1v) is 10.7. The van der Waals surface area contributed by atoms with Crippen LogP contribution >= 0.6 is 0 Å². The van der Waals surface area contributed by atoms with Crippen LogP contribution in [0.4, 0.5) is 0 Å². The summed E-state index contributed by atoms with van der Waals surface area (Å²) in [7, 11) is 3.68. The number of nitrogens with zero attached hydrogens (tertiary/aromatic N) is 3. The number of carbonyl (C=O) groups is 1. The minimum Gasteiger partial charge on any atom is -0.395 e. The van der Waals surface area contributed by atoms with Crippen molar-refractivity contribution in [2.24, 2.45) is 17.5 Å². The lowest BCUT2D eigenvalue weighted by Gasteiger charge is -2.28. The van der Waals surface area contributed by atoms with Gasteiger partial charge in [-0.2, -0.15) is 0 Å². The molecule has 164 valence electrons. The highest BCUT2D eigenvalue weighted by molar-refractivity contribution is 5.64. The molecule has 1 heterocycles. The quantitative estimate of drug-likeness (QED) is 0.297. The molecule has 0 aromatic carbocycles. The van der Waals surface area contributed by atoms with Gasteiger partial charge >= 0.3 is 0 Å². The smallest absolute Gasteiger partial charge is 0.210 e. The van der Waals surface area contributed by atoms with E-state index in [1.807, 2.05) is 40.0 Å². The van der Waals surface area contributed by atoms with Gasteiger partial charge in [0.05, 0.1) is 23.6 Å². The molecule has 1 aromatic rings. The first-order chi connectivity index (χ1) is 13.9. The van der Waals surface area contributed by atoms with E-state index in [4.69, 9.17) is 11.6 Å². The third kappa shape index (κ3) is 7.66. The van der Waals surface area contributed by atoms with Crippen molar-refractivity contribution < 1.29 is 4.79 Å². The molecule has 5 N–H and O–H groups in total. The molecule has 0 aliphatic heterocycles. The Labute approximate surface area is 176 Å². The molecule has 0 radical (unpaired) electrons. The summed E-state index contributed by atoms with van der Waals surface area (Å²) in [6.07, 6.45) is 5.39. The largest absolute Gasteiger partial charge is 0.395 e.